The van der Waals surface area contributed by atoms with Gasteiger partial charge in [-0.05, 0) is 42.2 Å². The molecule has 0 saturated heterocycles. The van der Waals surface area contributed by atoms with Gasteiger partial charge in [-0.15, -0.1) is 11.3 Å². The summed E-state index contributed by atoms with van der Waals surface area (Å²) in [6.45, 7) is 4.44. The first-order valence-electron chi connectivity index (χ1n) is 7.26. The lowest BCUT2D eigenvalue weighted by Gasteiger charge is -2.13. The second kappa shape index (κ2) is 7.59. The van der Waals surface area contributed by atoms with Gasteiger partial charge in [-0.3, -0.25) is 0 Å². The van der Waals surface area contributed by atoms with E-state index < -0.39 is 10.0 Å². The molecular formula is C16H20ClNO2S2. The number of hydrogen-bond acceptors (Lipinski definition) is 3. The largest absolute Gasteiger partial charge is 0.250 e. The van der Waals surface area contributed by atoms with Gasteiger partial charge in [0.05, 0.1) is 0 Å². The van der Waals surface area contributed by atoms with Gasteiger partial charge in [0.2, 0.25) is 10.0 Å². The van der Waals surface area contributed by atoms with E-state index in [1.807, 2.05) is 37.3 Å². The Bertz CT molecular complexity index is 708. The molecule has 6 heteroatoms. The number of sulfonamides is 1. The van der Waals surface area contributed by atoms with E-state index in [9.17, 15) is 8.42 Å². The van der Waals surface area contributed by atoms with Gasteiger partial charge in [-0.1, -0.05) is 44.0 Å². The molecule has 1 aromatic heterocycles. The van der Waals surface area contributed by atoms with E-state index in [2.05, 4.69) is 11.6 Å². The van der Waals surface area contributed by atoms with Crippen LogP contribution >= 0.6 is 22.9 Å². The molecule has 22 heavy (non-hydrogen) atoms. The van der Waals surface area contributed by atoms with E-state index in [0.29, 0.717) is 15.8 Å². The highest BCUT2D eigenvalue weighted by atomic mass is 35.5. The highest BCUT2D eigenvalue weighted by Crippen LogP contribution is 2.23. The predicted octanol–water partition coefficient (Wildman–Crippen LogP) is 4.44. The lowest BCUT2D eigenvalue weighted by Crippen LogP contribution is -2.27. The normalized spacial score (nSPS) is 13.2. The van der Waals surface area contributed by atoms with Crippen LogP contribution < -0.4 is 4.72 Å². The molecule has 0 bridgehead atoms. The Labute approximate surface area is 141 Å². The molecule has 0 radical (unpaired) electrons. The minimum absolute atomic E-state index is 0.0853. The Kier molecular flexibility index (Phi) is 6.03. The number of halogens is 1. The van der Waals surface area contributed by atoms with Crippen LogP contribution in [0.4, 0.5) is 0 Å². The van der Waals surface area contributed by atoms with Crippen molar-refractivity contribution >= 4 is 33.0 Å². The highest BCUT2D eigenvalue weighted by molar-refractivity contribution is 7.91. The van der Waals surface area contributed by atoms with Crippen molar-refractivity contribution in [3.05, 3.63) is 51.9 Å². The third-order valence-corrected chi connectivity index (χ3v) is 6.73. The van der Waals surface area contributed by atoms with Crippen molar-refractivity contribution in [1.82, 2.24) is 4.72 Å². The van der Waals surface area contributed by atoms with E-state index in [4.69, 9.17) is 11.6 Å². The van der Waals surface area contributed by atoms with Crippen LogP contribution in [0.1, 0.15) is 36.6 Å². The molecule has 0 spiro atoms. The van der Waals surface area contributed by atoms with Gasteiger partial charge in [-0.2, -0.15) is 0 Å². The van der Waals surface area contributed by atoms with Gasteiger partial charge in [0.15, 0.2) is 0 Å². The average Bonchev–Trinajstić information content (AvgIpc) is 2.96. The lowest BCUT2D eigenvalue weighted by molar-refractivity contribution is 0.577. The number of benzene rings is 1. The highest BCUT2D eigenvalue weighted by Gasteiger charge is 2.18. The fourth-order valence-corrected chi connectivity index (χ4v) is 4.86. The second-order valence-electron chi connectivity index (χ2n) is 5.28. The molecule has 0 aliphatic carbocycles. The monoisotopic (exact) mass is 357 g/mol. The Hall–Kier alpha value is -0.880. The Morgan fingerprint density at radius 2 is 1.86 bits per heavy atom. The Balaban J connectivity index is 2.00. The smallest absolute Gasteiger partial charge is 0.210 e. The van der Waals surface area contributed by atoms with E-state index in [1.54, 1.807) is 6.07 Å². The summed E-state index contributed by atoms with van der Waals surface area (Å²) in [7, 11) is -3.43. The minimum Gasteiger partial charge on any atom is -0.210 e. The summed E-state index contributed by atoms with van der Waals surface area (Å²) in [6, 6.07) is 11.1. The first-order valence-corrected chi connectivity index (χ1v) is 9.94. The van der Waals surface area contributed by atoms with Crippen LogP contribution in [0.2, 0.25) is 5.02 Å². The van der Waals surface area contributed by atoms with Crippen molar-refractivity contribution in [3.63, 3.8) is 0 Å². The van der Waals surface area contributed by atoms with Gasteiger partial charge in [0.25, 0.3) is 0 Å². The quantitative estimate of drug-likeness (QED) is 0.796. The van der Waals surface area contributed by atoms with E-state index in [1.165, 1.54) is 11.3 Å². The van der Waals surface area contributed by atoms with E-state index in [-0.39, 0.29) is 5.92 Å². The molecule has 2 rings (SSSR count). The second-order valence-corrected chi connectivity index (χ2v) is 8.87. The van der Waals surface area contributed by atoms with Crippen LogP contribution in [-0.4, -0.2) is 15.0 Å². The predicted molar refractivity (Wildman–Crippen MR) is 93.4 cm³/mol. The van der Waals surface area contributed by atoms with Crippen molar-refractivity contribution in [2.24, 2.45) is 0 Å². The van der Waals surface area contributed by atoms with Crippen molar-refractivity contribution in [2.45, 2.75) is 36.8 Å². The van der Waals surface area contributed by atoms with Crippen LogP contribution in [0.25, 0.3) is 0 Å². The van der Waals surface area contributed by atoms with Crippen molar-refractivity contribution in [3.8, 4) is 0 Å². The SMILES string of the molecule is CCCc1ccc(S(=O)(=O)NCC(C)c2ccc(Cl)cc2)s1. The number of aryl methyl sites for hydroxylation is 1. The summed E-state index contributed by atoms with van der Waals surface area (Å²) in [4.78, 5) is 1.11. The molecule has 3 nitrogen and oxygen atoms in total. The zero-order chi connectivity index (χ0) is 16.2. The molecule has 0 amide bonds. The van der Waals surface area contributed by atoms with E-state index >= 15 is 0 Å². The molecule has 120 valence electrons. The topological polar surface area (TPSA) is 46.2 Å². The fraction of sp³-hybridized carbons (Fsp3) is 0.375. The first-order chi connectivity index (χ1) is 10.4. The molecule has 0 saturated carbocycles. The average molecular weight is 358 g/mol. The molecule has 1 atom stereocenters. The fourth-order valence-electron chi connectivity index (χ4n) is 2.10. The summed E-state index contributed by atoms with van der Waals surface area (Å²) in [5.74, 6) is 0.0853. The van der Waals surface area contributed by atoms with Crippen LogP contribution in [0, 0.1) is 0 Å². The van der Waals surface area contributed by atoms with Gasteiger partial charge >= 0.3 is 0 Å². The Morgan fingerprint density at radius 3 is 2.50 bits per heavy atom. The van der Waals surface area contributed by atoms with Crippen molar-refractivity contribution in [1.29, 1.82) is 0 Å². The van der Waals surface area contributed by atoms with Gasteiger partial charge in [-0.25, -0.2) is 13.1 Å². The first kappa shape index (κ1) is 17.5. The maximum atomic E-state index is 12.3. The third-order valence-electron chi connectivity index (χ3n) is 3.42. The molecule has 1 unspecified atom stereocenters. The number of rotatable bonds is 7. The molecule has 1 heterocycles. The zero-order valence-electron chi connectivity index (χ0n) is 12.7. The van der Waals surface area contributed by atoms with Crippen LogP contribution in [-0.2, 0) is 16.4 Å². The summed E-state index contributed by atoms with van der Waals surface area (Å²) in [6.07, 6.45) is 1.93. The molecule has 0 aliphatic heterocycles. The van der Waals surface area contributed by atoms with Gasteiger partial charge in [0, 0.05) is 16.4 Å². The molecule has 2 aromatic rings. The van der Waals surface area contributed by atoms with Gasteiger partial charge in [0.1, 0.15) is 4.21 Å². The maximum Gasteiger partial charge on any atom is 0.250 e. The number of thiophene rings is 1. The maximum absolute atomic E-state index is 12.3. The van der Waals surface area contributed by atoms with Crippen molar-refractivity contribution < 1.29 is 8.42 Å². The molecule has 0 fully saturated rings. The third kappa shape index (κ3) is 4.56. The summed E-state index contributed by atoms with van der Waals surface area (Å²) < 4.78 is 27.7. The summed E-state index contributed by atoms with van der Waals surface area (Å²) >= 11 is 7.21. The van der Waals surface area contributed by atoms with Crippen molar-refractivity contribution in [2.75, 3.05) is 6.54 Å². The summed E-state index contributed by atoms with van der Waals surface area (Å²) in [5, 5.41) is 0.679. The minimum atomic E-state index is -3.43. The lowest BCUT2D eigenvalue weighted by atomic mass is 10.0. The molecular weight excluding hydrogens is 338 g/mol. The zero-order valence-corrected chi connectivity index (χ0v) is 15.1. The Morgan fingerprint density at radius 1 is 1.18 bits per heavy atom. The number of nitrogens with one attached hydrogen (secondary N) is 1. The van der Waals surface area contributed by atoms with E-state index in [0.717, 1.165) is 23.3 Å². The molecule has 0 aliphatic rings. The molecule has 1 N–H and O–H groups in total. The van der Waals surface area contributed by atoms with Crippen LogP contribution in [0.5, 0.6) is 0 Å². The van der Waals surface area contributed by atoms with Crippen LogP contribution in [0.3, 0.4) is 0 Å². The number of hydrogen-bond donors (Lipinski definition) is 1. The van der Waals surface area contributed by atoms with Gasteiger partial charge < -0.3 is 0 Å². The standard InChI is InChI=1S/C16H20ClNO2S2/c1-3-4-15-9-10-16(21-15)22(19,20)18-11-12(2)13-5-7-14(17)8-6-13/h5-10,12,18H,3-4,11H2,1-2H3. The summed E-state index contributed by atoms with van der Waals surface area (Å²) in [5.41, 5.74) is 1.06. The van der Waals surface area contributed by atoms with Crippen LogP contribution in [0.15, 0.2) is 40.6 Å². The molecule has 1 aromatic carbocycles.